The Morgan fingerprint density at radius 2 is 2.06 bits per heavy atom. The summed E-state index contributed by atoms with van der Waals surface area (Å²) in [6.45, 7) is 3.38. The van der Waals surface area contributed by atoms with Gasteiger partial charge < -0.3 is 4.74 Å². The number of rotatable bonds is 5. The standard InChI is InChI=1S/C10H12ClNO5S/c1-7(2)17-10-8(6-18(11,15)16)4-3-5-9(10)12(13)14/h3-5,7H,6H2,1-2H3. The Morgan fingerprint density at radius 1 is 1.44 bits per heavy atom. The smallest absolute Gasteiger partial charge is 0.311 e. The monoisotopic (exact) mass is 293 g/mol. The van der Waals surface area contributed by atoms with Crippen molar-refractivity contribution in [1.82, 2.24) is 0 Å². The fourth-order valence-corrected chi connectivity index (χ4v) is 2.34. The molecule has 100 valence electrons. The van der Waals surface area contributed by atoms with E-state index in [1.54, 1.807) is 13.8 Å². The van der Waals surface area contributed by atoms with Gasteiger partial charge >= 0.3 is 5.69 Å². The summed E-state index contributed by atoms with van der Waals surface area (Å²) in [5.41, 5.74) is -0.102. The molecule has 0 bridgehead atoms. The van der Waals surface area contributed by atoms with Crippen molar-refractivity contribution in [3.05, 3.63) is 33.9 Å². The molecular weight excluding hydrogens is 282 g/mol. The lowest BCUT2D eigenvalue weighted by molar-refractivity contribution is -0.386. The van der Waals surface area contributed by atoms with Crippen molar-refractivity contribution >= 4 is 25.4 Å². The number of para-hydroxylation sites is 1. The normalized spacial score (nSPS) is 11.6. The first-order chi connectivity index (χ1) is 8.20. The molecule has 0 atom stereocenters. The van der Waals surface area contributed by atoms with Crippen molar-refractivity contribution < 1.29 is 18.1 Å². The predicted molar refractivity (Wildman–Crippen MR) is 67.3 cm³/mol. The Balaban J connectivity index is 3.32. The SMILES string of the molecule is CC(C)Oc1c(CS(=O)(=O)Cl)cccc1[N+](=O)[O-]. The number of hydrogen-bond acceptors (Lipinski definition) is 5. The number of hydrogen-bond donors (Lipinski definition) is 0. The van der Waals surface area contributed by atoms with Crippen molar-refractivity contribution in [2.24, 2.45) is 0 Å². The van der Waals surface area contributed by atoms with Gasteiger partial charge in [-0.2, -0.15) is 0 Å². The van der Waals surface area contributed by atoms with Gasteiger partial charge in [0.25, 0.3) is 0 Å². The summed E-state index contributed by atoms with van der Waals surface area (Å²) in [5, 5.41) is 10.9. The summed E-state index contributed by atoms with van der Waals surface area (Å²) in [6.07, 6.45) is -0.317. The minimum Gasteiger partial charge on any atom is -0.484 e. The van der Waals surface area contributed by atoms with Crippen molar-refractivity contribution in [2.75, 3.05) is 0 Å². The molecule has 0 aliphatic heterocycles. The number of halogens is 1. The van der Waals surface area contributed by atoms with Crippen LogP contribution in [0.25, 0.3) is 0 Å². The third kappa shape index (κ3) is 4.15. The highest BCUT2D eigenvalue weighted by atomic mass is 35.7. The van der Waals surface area contributed by atoms with E-state index in [4.69, 9.17) is 15.4 Å². The summed E-state index contributed by atoms with van der Waals surface area (Å²) in [5.74, 6) is -0.570. The first-order valence-corrected chi connectivity index (χ1v) is 7.54. The summed E-state index contributed by atoms with van der Waals surface area (Å²) >= 11 is 0. The molecule has 0 saturated carbocycles. The maximum absolute atomic E-state index is 11.1. The van der Waals surface area contributed by atoms with E-state index in [2.05, 4.69) is 0 Å². The molecule has 0 aliphatic carbocycles. The highest BCUT2D eigenvalue weighted by Gasteiger charge is 2.22. The molecule has 1 rings (SSSR count). The summed E-state index contributed by atoms with van der Waals surface area (Å²) in [6, 6.07) is 4.08. The van der Waals surface area contributed by atoms with E-state index in [1.165, 1.54) is 18.2 Å². The third-order valence-corrected chi connectivity index (χ3v) is 2.94. The lowest BCUT2D eigenvalue weighted by Crippen LogP contribution is -2.10. The second-order valence-electron chi connectivity index (χ2n) is 3.87. The summed E-state index contributed by atoms with van der Waals surface area (Å²) in [4.78, 5) is 10.2. The first kappa shape index (κ1) is 14.7. The molecule has 1 aromatic carbocycles. The van der Waals surface area contributed by atoms with E-state index < -0.39 is 19.7 Å². The number of ether oxygens (including phenoxy) is 1. The highest BCUT2D eigenvalue weighted by molar-refractivity contribution is 8.13. The Hall–Kier alpha value is -1.34. The lowest BCUT2D eigenvalue weighted by Gasteiger charge is -2.13. The second kappa shape index (κ2) is 5.53. The number of benzene rings is 1. The molecule has 0 saturated heterocycles. The van der Waals surface area contributed by atoms with Crippen molar-refractivity contribution in [3.8, 4) is 5.75 Å². The van der Waals surface area contributed by atoms with Gasteiger partial charge in [-0.05, 0) is 13.8 Å². The molecule has 6 nitrogen and oxygen atoms in total. The van der Waals surface area contributed by atoms with Crippen LogP contribution in [0.2, 0.25) is 0 Å². The molecule has 0 aliphatic rings. The van der Waals surface area contributed by atoms with Crippen LogP contribution < -0.4 is 4.74 Å². The van der Waals surface area contributed by atoms with Crippen LogP contribution in [0, 0.1) is 10.1 Å². The van der Waals surface area contributed by atoms with Crippen LogP contribution in [-0.4, -0.2) is 19.4 Å². The molecule has 0 aromatic heterocycles. The van der Waals surface area contributed by atoms with Crippen LogP contribution in [0.4, 0.5) is 5.69 Å². The molecule has 0 spiro atoms. The predicted octanol–water partition coefficient (Wildman–Crippen LogP) is 2.45. The largest absolute Gasteiger partial charge is 0.484 e. The van der Waals surface area contributed by atoms with Crippen LogP contribution in [0.3, 0.4) is 0 Å². The maximum Gasteiger partial charge on any atom is 0.311 e. The number of nitro groups is 1. The van der Waals surface area contributed by atoms with E-state index >= 15 is 0 Å². The van der Waals surface area contributed by atoms with Crippen LogP contribution in [0.5, 0.6) is 5.75 Å². The van der Waals surface area contributed by atoms with Crippen LogP contribution in [0.15, 0.2) is 18.2 Å². The first-order valence-electron chi connectivity index (χ1n) is 5.06. The van der Waals surface area contributed by atoms with Crippen molar-refractivity contribution in [1.29, 1.82) is 0 Å². The molecule has 0 unspecified atom stereocenters. The Kier molecular flexibility index (Phi) is 4.53. The molecule has 18 heavy (non-hydrogen) atoms. The average Bonchev–Trinajstić information content (AvgIpc) is 2.17. The van der Waals surface area contributed by atoms with Gasteiger partial charge in [0.05, 0.1) is 16.8 Å². The third-order valence-electron chi connectivity index (χ3n) is 1.95. The van der Waals surface area contributed by atoms with Crippen molar-refractivity contribution in [3.63, 3.8) is 0 Å². The van der Waals surface area contributed by atoms with Gasteiger partial charge in [0.2, 0.25) is 14.8 Å². The maximum atomic E-state index is 11.1. The zero-order valence-corrected chi connectivity index (χ0v) is 11.4. The quantitative estimate of drug-likeness (QED) is 0.473. The minimum absolute atomic E-state index is 0.0540. The van der Waals surface area contributed by atoms with E-state index in [0.29, 0.717) is 0 Å². The fraction of sp³-hybridized carbons (Fsp3) is 0.400. The summed E-state index contributed by atoms with van der Waals surface area (Å²) < 4.78 is 27.4. The molecule has 0 N–H and O–H groups in total. The van der Waals surface area contributed by atoms with Gasteiger partial charge in [0.15, 0.2) is 0 Å². The second-order valence-corrected chi connectivity index (χ2v) is 6.65. The van der Waals surface area contributed by atoms with Crippen LogP contribution in [0.1, 0.15) is 19.4 Å². The fourth-order valence-electron chi connectivity index (χ4n) is 1.39. The Labute approximate surface area is 109 Å². The minimum atomic E-state index is -3.81. The van der Waals surface area contributed by atoms with Gasteiger partial charge in [0.1, 0.15) is 0 Å². The summed E-state index contributed by atoms with van der Waals surface area (Å²) in [7, 11) is 1.35. The number of nitro benzene ring substituents is 1. The Morgan fingerprint density at radius 3 is 2.50 bits per heavy atom. The molecule has 0 heterocycles. The van der Waals surface area contributed by atoms with Gasteiger partial charge in [-0.15, -0.1) is 0 Å². The molecular formula is C10H12ClNO5S. The molecule has 0 radical (unpaired) electrons. The zero-order chi connectivity index (χ0) is 13.9. The highest BCUT2D eigenvalue weighted by Crippen LogP contribution is 2.33. The lowest BCUT2D eigenvalue weighted by atomic mass is 10.2. The van der Waals surface area contributed by atoms with Gasteiger partial charge in [0, 0.05) is 22.3 Å². The van der Waals surface area contributed by atoms with E-state index in [0.717, 1.165) is 0 Å². The van der Waals surface area contributed by atoms with Gasteiger partial charge in [-0.1, -0.05) is 12.1 Å². The van der Waals surface area contributed by atoms with E-state index in [1.807, 2.05) is 0 Å². The average molecular weight is 294 g/mol. The zero-order valence-electron chi connectivity index (χ0n) is 9.79. The topological polar surface area (TPSA) is 86.5 Å². The van der Waals surface area contributed by atoms with Crippen LogP contribution in [-0.2, 0) is 14.8 Å². The van der Waals surface area contributed by atoms with Gasteiger partial charge in [-0.3, -0.25) is 10.1 Å². The van der Waals surface area contributed by atoms with E-state index in [9.17, 15) is 18.5 Å². The Bertz CT molecular complexity index is 555. The molecule has 0 fully saturated rings. The molecule has 1 aromatic rings. The molecule has 8 heteroatoms. The van der Waals surface area contributed by atoms with Crippen LogP contribution >= 0.6 is 10.7 Å². The van der Waals surface area contributed by atoms with Crippen molar-refractivity contribution in [2.45, 2.75) is 25.7 Å². The van der Waals surface area contributed by atoms with Gasteiger partial charge in [-0.25, -0.2) is 8.42 Å². The molecule has 0 amide bonds. The number of nitrogens with zero attached hydrogens (tertiary/aromatic N) is 1. The van der Waals surface area contributed by atoms with E-state index in [-0.39, 0.29) is 23.1 Å².